The third kappa shape index (κ3) is 3.20. The second-order valence-corrected chi connectivity index (χ2v) is 3.34. The molecule has 0 fully saturated rings. The molecule has 0 aliphatic heterocycles. The lowest BCUT2D eigenvalue weighted by molar-refractivity contribution is -0.137. The lowest BCUT2D eigenvalue weighted by atomic mass is 10.2. The van der Waals surface area contributed by atoms with Crippen molar-refractivity contribution in [2.45, 2.75) is 6.18 Å². The fourth-order valence-corrected chi connectivity index (χ4v) is 1.02. The molecule has 0 spiro atoms. The van der Waals surface area contributed by atoms with Crippen LogP contribution in [0.15, 0.2) is 24.3 Å². The maximum absolute atomic E-state index is 12.3. The van der Waals surface area contributed by atoms with Gasteiger partial charge in [-0.15, -0.1) is 0 Å². The first-order chi connectivity index (χ1) is 7.30. The molecule has 0 radical (unpaired) electrons. The molecule has 0 aromatic heterocycles. The number of amides is 1. The molecule has 1 rings (SSSR count). The zero-order chi connectivity index (χ0) is 12.3. The number of hydrogen-bond acceptors (Lipinski definition) is 2. The topological polar surface area (TPSA) is 55.1 Å². The Hall–Kier alpha value is -1.63. The normalized spacial score (nSPS) is 10.9. The van der Waals surface area contributed by atoms with Crippen LogP contribution in [0.25, 0.3) is 0 Å². The molecular formula is C9H7F3N2OS. The molecule has 1 amide bonds. The lowest BCUT2D eigenvalue weighted by Gasteiger charge is -2.09. The van der Waals surface area contributed by atoms with Gasteiger partial charge < -0.3 is 11.1 Å². The van der Waals surface area contributed by atoms with Gasteiger partial charge >= 0.3 is 6.18 Å². The van der Waals surface area contributed by atoms with Gasteiger partial charge in [0.2, 0.25) is 0 Å². The molecule has 0 aliphatic carbocycles. The Kier molecular flexibility index (Phi) is 3.48. The SMILES string of the molecule is NC(=S)C(=O)Nc1cccc(C(F)(F)F)c1. The Morgan fingerprint density at radius 2 is 2.00 bits per heavy atom. The summed E-state index contributed by atoms with van der Waals surface area (Å²) in [6.07, 6.45) is -4.45. The van der Waals surface area contributed by atoms with E-state index in [0.717, 1.165) is 12.1 Å². The van der Waals surface area contributed by atoms with E-state index in [9.17, 15) is 18.0 Å². The van der Waals surface area contributed by atoms with E-state index in [1.54, 1.807) is 0 Å². The molecule has 1 aromatic carbocycles. The first kappa shape index (κ1) is 12.4. The molecule has 0 aliphatic rings. The van der Waals surface area contributed by atoms with Crippen molar-refractivity contribution in [1.29, 1.82) is 0 Å². The van der Waals surface area contributed by atoms with Crippen molar-refractivity contribution >= 4 is 28.8 Å². The Bertz CT molecular complexity index is 431. The van der Waals surface area contributed by atoms with Crippen LogP contribution >= 0.6 is 12.2 Å². The average Bonchev–Trinajstić information content (AvgIpc) is 2.16. The molecule has 3 N–H and O–H groups in total. The molecule has 3 nitrogen and oxygen atoms in total. The Labute approximate surface area is 94.4 Å². The van der Waals surface area contributed by atoms with E-state index in [2.05, 4.69) is 17.5 Å². The predicted octanol–water partition coefficient (Wildman–Crippen LogP) is 1.93. The summed E-state index contributed by atoms with van der Waals surface area (Å²) in [6, 6.07) is 4.19. The van der Waals surface area contributed by atoms with Crippen LogP contribution in [0.1, 0.15) is 5.56 Å². The molecular weight excluding hydrogens is 241 g/mol. The van der Waals surface area contributed by atoms with Crippen molar-refractivity contribution in [2.24, 2.45) is 5.73 Å². The lowest BCUT2D eigenvalue weighted by Crippen LogP contribution is -2.27. The third-order valence-corrected chi connectivity index (χ3v) is 1.86. The van der Waals surface area contributed by atoms with Crippen LogP contribution in [0, 0.1) is 0 Å². The minimum absolute atomic E-state index is 0.00683. The first-order valence-corrected chi connectivity index (χ1v) is 4.49. The van der Waals surface area contributed by atoms with Crippen molar-refractivity contribution in [1.82, 2.24) is 0 Å². The van der Waals surface area contributed by atoms with Gasteiger partial charge in [0.05, 0.1) is 5.56 Å². The third-order valence-electron chi connectivity index (χ3n) is 1.67. The van der Waals surface area contributed by atoms with Crippen LogP contribution in [-0.4, -0.2) is 10.9 Å². The van der Waals surface area contributed by atoms with Gasteiger partial charge in [-0.05, 0) is 18.2 Å². The number of carbonyl (C=O) groups is 1. The van der Waals surface area contributed by atoms with E-state index >= 15 is 0 Å². The van der Waals surface area contributed by atoms with Crippen LogP contribution in [-0.2, 0) is 11.0 Å². The fraction of sp³-hybridized carbons (Fsp3) is 0.111. The maximum Gasteiger partial charge on any atom is 0.416 e. The monoisotopic (exact) mass is 248 g/mol. The summed E-state index contributed by atoms with van der Waals surface area (Å²) in [4.78, 5) is 10.6. The number of nitrogens with two attached hydrogens (primary N) is 1. The second-order valence-electron chi connectivity index (χ2n) is 2.90. The molecule has 7 heteroatoms. The number of thiocarbonyl (C=S) groups is 1. The molecule has 0 saturated heterocycles. The van der Waals surface area contributed by atoms with Crippen LogP contribution < -0.4 is 11.1 Å². The second kappa shape index (κ2) is 4.48. The molecule has 0 bridgehead atoms. The largest absolute Gasteiger partial charge is 0.416 e. The number of halogens is 3. The molecule has 0 heterocycles. The Morgan fingerprint density at radius 3 is 2.50 bits per heavy atom. The first-order valence-electron chi connectivity index (χ1n) is 4.09. The highest BCUT2D eigenvalue weighted by molar-refractivity contribution is 7.82. The molecule has 0 unspecified atom stereocenters. The summed E-state index contributed by atoms with van der Waals surface area (Å²) >= 11 is 4.37. The van der Waals surface area contributed by atoms with Gasteiger partial charge in [0.15, 0.2) is 4.99 Å². The van der Waals surface area contributed by atoms with Crippen molar-refractivity contribution < 1.29 is 18.0 Å². The van der Waals surface area contributed by atoms with E-state index < -0.39 is 22.6 Å². The molecule has 0 saturated carbocycles. The summed E-state index contributed by atoms with van der Waals surface area (Å²) in [5.74, 6) is -0.797. The minimum atomic E-state index is -4.45. The number of nitrogens with one attached hydrogen (secondary N) is 1. The summed E-state index contributed by atoms with van der Waals surface area (Å²) in [5.41, 5.74) is 4.14. The van der Waals surface area contributed by atoms with Crippen LogP contribution in [0.4, 0.5) is 18.9 Å². The van der Waals surface area contributed by atoms with E-state index in [-0.39, 0.29) is 5.69 Å². The van der Waals surface area contributed by atoms with Crippen molar-refractivity contribution in [3.63, 3.8) is 0 Å². The van der Waals surface area contributed by atoms with Gasteiger partial charge in [-0.3, -0.25) is 4.79 Å². The van der Waals surface area contributed by atoms with Gasteiger partial charge in [0.1, 0.15) is 0 Å². The number of benzene rings is 1. The summed E-state index contributed by atoms with van der Waals surface area (Å²) in [5, 5.41) is 2.15. The highest BCUT2D eigenvalue weighted by Gasteiger charge is 2.30. The molecule has 86 valence electrons. The van der Waals surface area contributed by atoms with Gasteiger partial charge in [-0.2, -0.15) is 13.2 Å². The number of anilines is 1. The summed E-state index contributed by atoms with van der Waals surface area (Å²) in [6.45, 7) is 0. The van der Waals surface area contributed by atoms with Crippen molar-refractivity contribution in [3.8, 4) is 0 Å². The highest BCUT2D eigenvalue weighted by Crippen LogP contribution is 2.30. The van der Waals surface area contributed by atoms with Crippen molar-refractivity contribution in [3.05, 3.63) is 29.8 Å². The summed E-state index contributed by atoms with van der Waals surface area (Å²) in [7, 11) is 0. The fourth-order valence-electron chi connectivity index (χ4n) is 0.966. The standard InChI is InChI=1S/C9H7F3N2OS/c10-9(11,12)5-2-1-3-6(4-5)14-8(15)7(13)16/h1-4H,(H2,13,16)(H,14,15). The zero-order valence-electron chi connectivity index (χ0n) is 7.84. The van der Waals surface area contributed by atoms with Gasteiger partial charge in [0, 0.05) is 5.69 Å². The Balaban J connectivity index is 2.92. The zero-order valence-corrected chi connectivity index (χ0v) is 8.65. The van der Waals surface area contributed by atoms with Crippen LogP contribution in [0.5, 0.6) is 0 Å². The van der Waals surface area contributed by atoms with Gasteiger partial charge in [-0.25, -0.2) is 0 Å². The molecule has 1 aromatic rings. The molecule has 0 atom stereocenters. The number of hydrogen-bond donors (Lipinski definition) is 2. The maximum atomic E-state index is 12.3. The van der Waals surface area contributed by atoms with Crippen LogP contribution in [0.2, 0.25) is 0 Å². The summed E-state index contributed by atoms with van der Waals surface area (Å²) < 4.78 is 36.9. The minimum Gasteiger partial charge on any atom is -0.385 e. The van der Waals surface area contributed by atoms with Crippen molar-refractivity contribution in [2.75, 3.05) is 5.32 Å². The highest BCUT2D eigenvalue weighted by atomic mass is 32.1. The molecule has 16 heavy (non-hydrogen) atoms. The Morgan fingerprint density at radius 1 is 1.38 bits per heavy atom. The predicted molar refractivity (Wildman–Crippen MR) is 56.9 cm³/mol. The van der Waals surface area contributed by atoms with E-state index in [1.165, 1.54) is 12.1 Å². The van der Waals surface area contributed by atoms with E-state index in [0.29, 0.717) is 0 Å². The van der Waals surface area contributed by atoms with E-state index in [1.807, 2.05) is 0 Å². The van der Waals surface area contributed by atoms with Gasteiger partial charge in [-0.1, -0.05) is 18.3 Å². The quantitative estimate of drug-likeness (QED) is 0.747. The average molecular weight is 248 g/mol. The van der Waals surface area contributed by atoms with E-state index in [4.69, 9.17) is 5.73 Å². The van der Waals surface area contributed by atoms with Gasteiger partial charge in [0.25, 0.3) is 5.91 Å². The number of alkyl halides is 3. The van der Waals surface area contributed by atoms with Crippen LogP contribution in [0.3, 0.4) is 0 Å². The number of carbonyl (C=O) groups excluding carboxylic acids is 1. The number of rotatable bonds is 1. The smallest absolute Gasteiger partial charge is 0.385 e.